The monoisotopic (exact) mass is 455 g/mol. The Morgan fingerprint density at radius 2 is 1.88 bits per heavy atom. The number of rotatable bonds is 5. The van der Waals surface area contributed by atoms with E-state index in [0.29, 0.717) is 16.9 Å². The molecule has 1 amide bonds. The normalized spacial score (nSPS) is 18.6. The summed E-state index contributed by atoms with van der Waals surface area (Å²) in [5.74, 6) is 0.813. The van der Waals surface area contributed by atoms with Gasteiger partial charge in [0.2, 0.25) is 5.91 Å². The summed E-state index contributed by atoms with van der Waals surface area (Å²) in [6, 6.07) is 20.0. The molecule has 1 aromatic heterocycles. The number of fused-ring (bicyclic) bond motifs is 1. The predicted molar refractivity (Wildman–Crippen MR) is 134 cm³/mol. The zero-order valence-electron chi connectivity index (χ0n) is 18.8. The number of para-hydroxylation sites is 2. The molecule has 0 saturated carbocycles. The number of aromatic nitrogens is 2. The van der Waals surface area contributed by atoms with Crippen molar-refractivity contribution in [3.8, 4) is 0 Å². The first-order valence-electron chi connectivity index (χ1n) is 11.2. The van der Waals surface area contributed by atoms with Gasteiger partial charge in [0.25, 0.3) is 0 Å². The maximum Gasteiger partial charge on any atom is 0.248 e. The van der Waals surface area contributed by atoms with Gasteiger partial charge in [-0.3, -0.25) is 4.79 Å². The highest BCUT2D eigenvalue weighted by molar-refractivity contribution is 6.03. The lowest BCUT2D eigenvalue weighted by molar-refractivity contribution is -0.111. The van der Waals surface area contributed by atoms with Gasteiger partial charge >= 0.3 is 0 Å². The highest BCUT2D eigenvalue weighted by Gasteiger charge is 2.35. The van der Waals surface area contributed by atoms with Gasteiger partial charge in [0, 0.05) is 37.1 Å². The van der Waals surface area contributed by atoms with Crippen LogP contribution in [-0.2, 0) is 4.79 Å². The van der Waals surface area contributed by atoms with Gasteiger partial charge in [-0.15, -0.1) is 0 Å². The molecule has 6 nitrogen and oxygen atoms in total. The Hall–Kier alpha value is -3.97. The number of aromatic amines is 1. The van der Waals surface area contributed by atoms with Crippen molar-refractivity contribution >= 4 is 34.4 Å². The number of nitrogen functional groups attached to an aromatic ring is 1. The van der Waals surface area contributed by atoms with Gasteiger partial charge in [-0.1, -0.05) is 36.4 Å². The van der Waals surface area contributed by atoms with Gasteiger partial charge in [-0.25, -0.2) is 9.37 Å². The second-order valence-corrected chi connectivity index (χ2v) is 8.79. The van der Waals surface area contributed by atoms with E-state index in [9.17, 15) is 9.18 Å². The number of imidazole rings is 1. The number of H-pyrrole nitrogens is 1. The fourth-order valence-electron chi connectivity index (χ4n) is 4.60. The molecule has 3 aromatic carbocycles. The van der Waals surface area contributed by atoms with Crippen LogP contribution in [0, 0.1) is 5.82 Å². The van der Waals surface area contributed by atoms with Gasteiger partial charge in [-0.05, 0) is 48.5 Å². The number of amides is 1. The molecule has 1 saturated heterocycles. The maximum atomic E-state index is 13.6. The quantitative estimate of drug-likeness (QED) is 0.299. The van der Waals surface area contributed by atoms with E-state index < -0.39 is 0 Å². The van der Waals surface area contributed by atoms with Crippen molar-refractivity contribution in [1.29, 1.82) is 0 Å². The Labute approximate surface area is 197 Å². The third-order valence-electron chi connectivity index (χ3n) is 6.33. The molecule has 0 spiro atoms. The molecule has 4 aromatic rings. The van der Waals surface area contributed by atoms with Crippen LogP contribution in [0.5, 0.6) is 0 Å². The molecule has 2 atom stereocenters. The van der Waals surface area contributed by atoms with E-state index in [4.69, 9.17) is 5.73 Å². The zero-order valence-corrected chi connectivity index (χ0v) is 18.8. The smallest absolute Gasteiger partial charge is 0.248 e. The van der Waals surface area contributed by atoms with E-state index in [-0.39, 0.29) is 23.6 Å². The molecule has 1 fully saturated rings. The molecule has 2 heterocycles. The van der Waals surface area contributed by atoms with Crippen LogP contribution in [0.25, 0.3) is 17.1 Å². The Kier molecular flexibility index (Phi) is 5.86. The summed E-state index contributed by atoms with van der Waals surface area (Å²) < 4.78 is 13.6. The Morgan fingerprint density at radius 3 is 2.68 bits per heavy atom. The molecule has 1 aliphatic heterocycles. The molecule has 5 rings (SSSR count). The van der Waals surface area contributed by atoms with Crippen molar-refractivity contribution in [2.45, 2.75) is 11.8 Å². The third kappa shape index (κ3) is 4.56. The number of carbonyl (C=O) groups excluding carboxylic acids is 1. The number of benzene rings is 3. The molecular weight excluding hydrogens is 429 g/mol. The van der Waals surface area contributed by atoms with Gasteiger partial charge in [0.05, 0.1) is 22.4 Å². The topological polar surface area (TPSA) is 87.0 Å². The third-order valence-corrected chi connectivity index (χ3v) is 6.33. The number of likely N-dealkylation sites (N-methyl/N-ethyl adjacent to an activating group) is 1. The number of anilines is 2. The second-order valence-electron chi connectivity index (χ2n) is 8.79. The van der Waals surface area contributed by atoms with Crippen LogP contribution in [0.2, 0.25) is 0 Å². The minimum Gasteiger partial charge on any atom is -0.397 e. The summed E-state index contributed by atoms with van der Waals surface area (Å²) in [7, 11) is 2.10. The van der Waals surface area contributed by atoms with E-state index in [2.05, 4.69) is 39.4 Å². The summed E-state index contributed by atoms with van der Waals surface area (Å²) in [5, 5.41) is 2.79. The lowest BCUT2D eigenvalue weighted by atomic mass is 9.88. The van der Waals surface area contributed by atoms with Crippen LogP contribution in [0.15, 0.2) is 72.8 Å². The summed E-state index contributed by atoms with van der Waals surface area (Å²) in [6.07, 6.45) is 3.28. The Balaban J connectivity index is 1.31. The molecule has 2 unspecified atom stereocenters. The fraction of sp³-hybridized carbons (Fsp3) is 0.185. The van der Waals surface area contributed by atoms with Crippen LogP contribution in [0.3, 0.4) is 0 Å². The zero-order chi connectivity index (χ0) is 23.7. The SMILES string of the molecule is CN1CC(c2ccc(/C=C/C(=O)Nc3ccccc3N)cc2)C(c2nc3cc(F)ccc3[nH]2)C1. The molecule has 0 aliphatic carbocycles. The standard InChI is InChI=1S/C27H26FN5O/c1-33-15-20(21(16-33)27-31-24-12-11-19(28)14-25(24)32-27)18-9-6-17(7-10-18)8-13-26(34)30-23-5-3-2-4-22(23)29/h2-14,20-21H,15-16,29H2,1H3,(H,30,34)(H,31,32)/b13-8+. The van der Waals surface area contributed by atoms with Crippen molar-refractivity contribution in [3.63, 3.8) is 0 Å². The summed E-state index contributed by atoms with van der Waals surface area (Å²) in [6.45, 7) is 1.78. The maximum absolute atomic E-state index is 13.6. The summed E-state index contributed by atoms with van der Waals surface area (Å²) in [4.78, 5) is 22.6. The molecule has 0 radical (unpaired) electrons. The average molecular weight is 456 g/mol. The van der Waals surface area contributed by atoms with Gasteiger partial charge in [-0.2, -0.15) is 0 Å². The summed E-state index contributed by atoms with van der Waals surface area (Å²) in [5.41, 5.74) is 10.6. The Morgan fingerprint density at radius 1 is 1.12 bits per heavy atom. The first-order valence-corrected chi connectivity index (χ1v) is 11.2. The van der Waals surface area contributed by atoms with Crippen molar-refractivity contribution in [2.24, 2.45) is 0 Å². The molecule has 1 aliphatic rings. The average Bonchev–Trinajstić information content (AvgIpc) is 3.42. The van der Waals surface area contributed by atoms with Crippen LogP contribution in [0.1, 0.15) is 28.8 Å². The number of hydrogen-bond acceptors (Lipinski definition) is 4. The first-order chi connectivity index (χ1) is 16.5. The van der Waals surface area contributed by atoms with Crippen molar-refractivity contribution in [1.82, 2.24) is 14.9 Å². The molecule has 0 bridgehead atoms. The first kappa shape index (κ1) is 21.9. The van der Waals surface area contributed by atoms with E-state index in [0.717, 1.165) is 30.0 Å². The second kappa shape index (κ2) is 9.11. The van der Waals surface area contributed by atoms with E-state index >= 15 is 0 Å². The minimum atomic E-state index is -0.282. The van der Waals surface area contributed by atoms with Gasteiger partial charge < -0.3 is 20.9 Å². The van der Waals surface area contributed by atoms with E-state index in [1.165, 1.54) is 23.8 Å². The highest BCUT2D eigenvalue weighted by atomic mass is 19.1. The van der Waals surface area contributed by atoms with Crippen LogP contribution < -0.4 is 11.1 Å². The van der Waals surface area contributed by atoms with E-state index in [1.54, 1.807) is 24.3 Å². The van der Waals surface area contributed by atoms with Crippen molar-refractivity contribution in [3.05, 3.63) is 95.6 Å². The molecule has 7 heteroatoms. The predicted octanol–water partition coefficient (Wildman–Crippen LogP) is 4.75. The minimum absolute atomic E-state index is 0.184. The van der Waals surface area contributed by atoms with Crippen molar-refractivity contribution < 1.29 is 9.18 Å². The number of nitrogens with two attached hydrogens (primary N) is 1. The van der Waals surface area contributed by atoms with Gasteiger partial charge in [0.1, 0.15) is 11.6 Å². The number of hydrogen-bond donors (Lipinski definition) is 3. The van der Waals surface area contributed by atoms with Crippen LogP contribution in [-0.4, -0.2) is 40.9 Å². The molecule has 172 valence electrons. The summed E-state index contributed by atoms with van der Waals surface area (Å²) >= 11 is 0. The largest absolute Gasteiger partial charge is 0.397 e. The fourth-order valence-corrected chi connectivity index (χ4v) is 4.60. The Bertz CT molecular complexity index is 1360. The highest BCUT2D eigenvalue weighted by Crippen LogP contribution is 2.38. The number of nitrogens with one attached hydrogen (secondary N) is 2. The van der Waals surface area contributed by atoms with E-state index in [1.807, 2.05) is 24.3 Å². The molecular formula is C27H26FN5O. The number of likely N-dealkylation sites (tertiary alicyclic amines) is 1. The molecule has 4 N–H and O–H groups in total. The van der Waals surface area contributed by atoms with Gasteiger partial charge in [0.15, 0.2) is 0 Å². The number of carbonyl (C=O) groups is 1. The lowest BCUT2D eigenvalue weighted by Crippen LogP contribution is -2.13. The van der Waals surface area contributed by atoms with Crippen LogP contribution >= 0.6 is 0 Å². The molecule has 34 heavy (non-hydrogen) atoms. The lowest BCUT2D eigenvalue weighted by Gasteiger charge is -2.17. The number of halogens is 1. The number of nitrogens with zero attached hydrogens (tertiary/aromatic N) is 2. The van der Waals surface area contributed by atoms with Crippen LogP contribution in [0.4, 0.5) is 15.8 Å². The van der Waals surface area contributed by atoms with Crippen molar-refractivity contribution in [2.75, 3.05) is 31.2 Å².